The van der Waals surface area contributed by atoms with Crippen molar-refractivity contribution in [3.05, 3.63) is 42.1 Å². The molecule has 2 heterocycles. The van der Waals surface area contributed by atoms with Crippen LogP contribution in [-0.4, -0.2) is 32.3 Å². The van der Waals surface area contributed by atoms with E-state index in [1.807, 2.05) is 53.9 Å². The molecule has 1 aromatic heterocycles. The second kappa shape index (κ2) is 6.41. The van der Waals surface area contributed by atoms with Crippen molar-refractivity contribution >= 4 is 40.2 Å². The molecular formula is C17H19NOS2. The number of thioether (sulfide) groups is 2. The lowest BCUT2D eigenvalue weighted by Gasteiger charge is -2.30. The quantitative estimate of drug-likeness (QED) is 0.857. The maximum atomic E-state index is 12.5. The minimum Gasteiger partial charge on any atom is -0.298 e. The van der Waals surface area contributed by atoms with Gasteiger partial charge in [0.25, 0.3) is 0 Å². The second-order valence-electron chi connectivity index (χ2n) is 5.51. The minimum absolute atomic E-state index is 0.120. The molecule has 2 nitrogen and oxygen atoms in total. The average Bonchev–Trinajstić information content (AvgIpc) is 2.50. The van der Waals surface area contributed by atoms with Crippen LogP contribution in [0.4, 0.5) is 0 Å². The number of ketones is 1. The third-order valence-electron chi connectivity index (χ3n) is 3.92. The van der Waals surface area contributed by atoms with Gasteiger partial charge in [-0.2, -0.15) is 11.8 Å². The third kappa shape index (κ3) is 3.43. The Bertz CT molecular complexity index is 658. The Labute approximate surface area is 134 Å². The lowest BCUT2D eigenvalue weighted by Crippen LogP contribution is -2.32. The summed E-state index contributed by atoms with van der Waals surface area (Å²) in [5.41, 5.74) is 1.85. The van der Waals surface area contributed by atoms with Crippen LogP contribution in [0, 0.1) is 0 Å². The fourth-order valence-corrected chi connectivity index (χ4v) is 5.34. The van der Waals surface area contributed by atoms with Crippen molar-refractivity contribution in [3.63, 3.8) is 0 Å². The number of benzene rings is 1. The first-order valence-corrected chi connectivity index (χ1v) is 9.27. The standard InChI is InChI=1S/C17H19NOS2/c1-11-12(2)21-17(10-20-11)16(19)9-14-8-7-13-5-3-4-6-15(13)18-14/h3-8,11-12,17H,9-10H2,1-2H3. The van der Waals surface area contributed by atoms with Crippen LogP contribution in [0.3, 0.4) is 0 Å². The Morgan fingerprint density at radius 2 is 2.00 bits per heavy atom. The second-order valence-corrected chi connectivity index (χ2v) is 8.50. The minimum atomic E-state index is 0.120. The molecule has 0 radical (unpaired) electrons. The Morgan fingerprint density at radius 3 is 2.81 bits per heavy atom. The number of carbonyl (C=O) groups excluding carboxylic acids is 1. The molecule has 4 heteroatoms. The zero-order chi connectivity index (χ0) is 14.8. The summed E-state index contributed by atoms with van der Waals surface area (Å²) in [6, 6.07) is 12.1. The zero-order valence-electron chi connectivity index (χ0n) is 12.3. The van der Waals surface area contributed by atoms with Crippen LogP contribution < -0.4 is 0 Å². The molecule has 1 fully saturated rings. The maximum absolute atomic E-state index is 12.5. The normalized spacial score (nSPS) is 25.9. The van der Waals surface area contributed by atoms with Gasteiger partial charge in [-0.15, -0.1) is 11.8 Å². The molecule has 0 bridgehead atoms. The first-order valence-electron chi connectivity index (χ1n) is 7.28. The molecular weight excluding hydrogens is 298 g/mol. The van der Waals surface area contributed by atoms with Gasteiger partial charge in [-0.1, -0.05) is 38.1 Å². The highest BCUT2D eigenvalue weighted by atomic mass is 32.2. The first kappa shape index (κ1) is 14.9. The number of Topliss-reactive ketones (excluding diaryl/α,β-unsaturated/α-hetero) is 1. The highest BCUT2D eigenvalue weighted by Gasteiger charge is 2.30. The zero-order valence-corrected chi connectivity index (χ0v) is 13.9. The smallest absolute Gasteiger partial charge is 0.152 e. The van der Waals surface area contributed by atoms with Crippen LogP contribution in [0.2, 0.25) is 0 Å². The molecule has 21 heavy (non-hydrogen) atoms. The van der Waals surface area contributed by atoms with Gasteiger partial charge in [-0.3, -0.25) is 9.78 Å². The van der Waals surface area contributed by atoms with Gasteiger partial charge in [0.2, 0.25) is 0 Å². The van der Waals surface area contributed by atoms with Crippen LogP contribution in [0.15, 0.2) is 36.4 Å². The molecule has 110 valence electrons. The van der Waals surface area contributed by atoms with E-state index in [4.69, 9.17) is 0 Å². The van der Waals surface area contributed by atoms with Gasteiger partial charge in [0, 0.05) is 33.8 Å². The number of pyridine rings is 1. The van der Waals surface area contributed by atoms with Crippen LogP contribution in [-0.2, 0) is 11.2 Å². The van der Waals surface area contributed by atoms with Crippen molar-refractivity contribution in [2.24, 2.45) is 0 Å². The number of para-hydroxylation sites is 1. The van der Waals surface area contributed by atoms with Crippen molar-refractivity contribution in [1.29, 1.82) is 0 Å². The number of carbonyl (C=O) groups is 1. The van der Waals surface area contributed by atoms with Gasteiger partial charge in [-0.25, -0.2) is 0 Å². The van der Waals surface area contributed by atoms with E-state index < -0.39 is 0 Å². The van der Waals surface area contributed by atoms with Gasteiger partial charge in [-0.05, 0) is 12.1 Å². The molecule has 1 aliphatic heterocycles. The average molecular weight is 317 g/mol. The van der Waals surface area contributed by atoms with Crippen molar-refractivity contribution in [2.75, 3.05) is 5.75 Å². The molecule has 1 saturated heterocycles. The van der Waals surface area contributed by atoms with E-state index >= 15 is 0 Å². The molecule has 0 N–H and O–H groups in total. The van der Waals surface area contributed by atoms with Crippen LogP contribution in [0.1, 0.15) is 19.5 Å². The highest BCUT2D eigenvalue weighted by molar-refractivity contribution is 8.08. The Kier molecular flexibility index (Phi) is 4.55. The van der Waals surface area contributed by atoms with E-state index in [1.54, 1.807) is 0 Å². The van der Waals surface area contributed by atoms with Gasteiger partial charge in [0.05, 0.1) is 10.8 Å². The molecule has 2 aromatic rings. The van der Waals surface area contributed by atoms with Crippen LogP contribution in [0.5, 0.6) is 0 Å². The van der Waals surface area contributed by atoms with Crippen molar-refractivity contribution in [2.45, 2.75) is 36.0 Å². The van der Waals surface area contributed by atoms with Gasteiger partial charge >= 0.3 is 0 Å². The molecule has 1 aliphatic rings. The van der Waals surface area contributed by atoms with E-state index in [2.05, 4.69) is 24.9 Å². The molecule has 3 rings (SSSR count). The predicted octanol–water partition coefficient (Wildman–Crippen LogP) is 3.97. The molecule has 3 atom stereocenters. The number of aromatic nitrogens is 1. The largest absolute Gasteiger partial charge is 0.298 e. The summed E-state index contributed by atoms with van der Waals surface area (Å²) in [5, 5.41) is 2.42. The lowest BCUT2D eigenvalue weighted by molar-refractivity contribution is -0.117. The number of fused-ring (bicyclic) bond motifs is 1. The van der Waals surface area contributed by atoms with Crippen molar-refractivity contribution in [1.82, 2.24) is 4.98 Å². The summed E-state index contributed by atoms with van der Waals surface area (Å²) >= 11 is 3.74. The molecule has 0 amide bonds. The Balaban J connectivity index is 1.71. The van der Waals surface area contributed by atoms with E-state index in [9.17, 15) is 4.79 Å². The van der Waals surface area contributed by atoms with Crippen molar-refractivity contribution < 1.29 is 4.79 Å². The monoisotopic (exact) mass is 317 g/mol. The number of hydrogen-bond donors (Lipinski definition) is 0. The van der Waals surface area contributed by atoms with Gasteiger partial charge in [0.15, 0.2) is 5.78 Å². The van der Waals surface area contributed by atoms with E-state index in [0.29, 0.717) is 22.7 Å². The fourth-order valence-electron chi connectivity index (χ4n) is 2.45. The highest BCUT2D eigenvalue weighted by Crippen LogP contribution is 2.36. The van der Waals surface area contributed by atoms with Gasteiger partial charge < -0.3 is 0 Å². The predicted molar refractivity (Wildman–Crippen MR) is 93.2 cm³/mol. The number of nitrogens with zero attached hydrogens (tertiary/aromatic N) is 1. The van der Waals surface area contributed by atoms with E-state index in [1.165, 1.54) is 0 Å². The summed E-state index contributed by atoms with van der Waals surface area (Å²) in [4.78, 5) is 17.1. The molecule has 0 saturated carbocycles. The number of rotatable bonds is 3. The topological polar surface area (TPSA) is 30.0 Å². The third-order valence-corrected chi connectivity index (χ3v) is 7.36. The fraction of sp³-hybridized carbons (Fsp3) is 0.412. The van der Waals surface area contributed by atoms with Crippen LogP contribution in [0.25, 0.3) is 10.9 Å². The Morgan fingerprint density at radius 1 is 1.19 bits per heavy atom. The maximum Gasteiger partial charge on any atom is 0.152 e. The first-order chi connectivity index (χ1) is 10.1. The van der Waals surface area contributed by atoms with Crippen molar-refractivity contribution in [3.8, 4) is 0 Å². The summed E-state index contributed by atoms with van der Waals surface area (Å²) in [5.74, 6) is 1.25. The molecule has 0 spiro atoms. The lowest BCUT2D eigenvalue weighted by atomic mass is 10.1. The summed E-state index contributed by atoms with van der Waals surface area (Å²) in [6.45, 7) is 4.46. The Hall–Kier alpha value is -1.000. The summed E-state index contributed by atoms with van der Waals surface area (Å²) < 4.78 is 0. The number of hydrogen-bond acceptors (Lipinski definition) is 4. The molecule has 3 unspecified atom stereocenters. The van der Waals surface area contributed by atoms with E-state index in [0.717, 1.165) is 22.3 Å². The van der Waals surface area contributed by atoms with E-state index in [-0.39, 0.29) is 5.25 Å². The summed E-state index contributed by atoms with van der Waals surface area (Å²) in [7, 11) is 0. The molecule has 1 aromatic carbocycles. The molecule has 0 aliphatic carbocycles. The van der Waals surface area contributed by atoms with Crippen LogP contribution >= 0.6 is 23.5 Å². The van der Waals surface area contributed by atoms with Gasteiger partial charge in [0.1, 0.15) is 0 Å². The summed E-state index contributed by atoms with van der Waals surface area (Å²) in [6.07, 6.45) is 0.449. The SMILES string of the molecule is CC1SCC(C(=O)Cc2ccc3ccccc3n2)SC1C.